The molecule has 1 saturated carbocycles. The first kappa shape index (κ1) is 13.7. The highest BCUT2D eigenvalue weighted by atomic mass is 16.2. The van der Waals surface area contributed by atoms with E-state index in [2.05, 4.69) is 25.5 Å². The molecule has 1 heterocycles. The van der Waals surface area contributed by atoms with Gasteiger partial charge in [-0.1, -0.05) is 0 Å². The molecule has 0 radical (unpaired) electrons. The maximum Gasteiger partial charge on any atom is 0.270 e. The van der Waals surface area contributed by atoms with Gasteiger partial charge >= 0.3 is 0 Å². The number of nitrogens with one attached hydrogen (secondary N) is 2. The van der Waals surface area contributed by atoms with Gasteiger partial charge in [0.2, 0.25) is 5.95 Å². The summed E-state index contributed by atoms with van der Waals surface area (Å²) in [5.74, 6) is 0.409. The van der Waals surface area contributed by atoms with E-state index in [0.29, 0.717) is 17.7 Å². The summed E-state index contributed by atoms with van der Waals surface area (Å²) < 4.78 is 0. The van der Waals surface area contributed by atoms with Crippen molar-refractivity contribution in [3.8, 4) is 0 Å². The summed E-state index contributed by atoms with van der Waals surface area (Å²) in [6, 6.07) is 2.06. The van der Waals surface area contributed by atoms with Crippen molar-refractivity contribution in [1.29, 1.82) is 0 Å². The first-order chi connectivity index (χ1) is 9.04. The van der Waals surface area contributed by atoms with E-state index in [-0.39, 0.29) is 5.91 Å². The molecule has 1 aromatic rings. The lowest BCUT2D eigenvalue weighted by Crippen LogP contribution is -2.27. The molecule has 2 rings (SSSR count). The number of amides is 1. The number of rotatable bonds is 6. The molecule has 2 N–H and O–H groups in total. The van der Waals surface area contributed by atoms with E-state index in [4.69, 9.17) is 0 Å². The average Bonchev–Trinajstić information content (AvgIpc) is 3.11. The normalized spacial score (nSPS) is 14.5. The fourth-order valence-electron chi connectivity index (χ4n) is 1.64. The molecule has 19 heavy (non-hydrogen) atoms. The highest BCUT2D eigenvalue weighted by molar-refractivity contribution is 5.93. The van der Waals surface area contributed by atoms with Gasteiger partial charge in [-0.05, 0) is 39.9 Å². The van der Waals surface area contributed by atoms with Gasteiger partial charge in [-0.3, -0.25) is 4.79 Å². The van der Waals surface area contributed by atoms with Gasteiger partial charge in [0.25, 0.3) is 5.91 Å². The number of likely N-dealkylation sites (N-methyl/N-ethyl adjacent to an activating group) is 1. The van der Waals surface area contributed by atoms with Crippen molar-refractivity contribution in [3.63, 3.8) is 0 Å². The summed E-state index contributed by atoms with van der Waals surface area (Å²) >= 11 is 0. The van der Waals surface area contributed by atoms with Gasteiger partial charge in [0.15, 0.2) is 0 Å². The lowest BCUT2D eigenvalue weighted by atomic mass is 10.3. The second-order valence-electron chi connectivity index (χ2n) is 5.20. The van der Waals surface area contributed by atoms with E-state index in [1.54, 1.807) is 6.07 Å². The van der Waals surface area contributed by atoms with Gasteiger partial charge in [0.05, 0.1) is 0 Å². The van der Waals surface area contributed by atoms with Crippen LogP contribution in [0.3, 0.4) is 0 Å². The van der Waals surface area contributed by atoms with Crippen LogP contribution in [0.15, 0.2) is 6.07 Å². The molecule has 1 aromatic heterocycles. The van der Waals surface area contributed by atoms with E-state index in [9.17, 15) is 4.79 Å². The van der Waals surface area contributed by atoms with Crippen LogP contribution < -0.4 is 10.6 Å². The highest BCUT2D eigenvalue weighted by Gasteiger charge is 2.24. The largest absolute Gasteiger partial charge is 0.353 e. The highest BCUT2D eigenvalue weighted by Crippen LogP contribution is 2.19. The fraction of sp³-hybridized carbons (Fsp3) is 0.615. The standard InChI is InChI=1S/C13H21N5O/c1-9-8-11(12(19)16-10-4-5-10)17-13(15-9)14-6-7-18(2)3/h8,10H,4-7H2,1-3H3,(H,16,19)(H,14,15,17). The maximum absolute atomic E-state index is 11.9. The maximum atomic E-state index is 11.9. The van der Waals surface area contributed by atoms with Crippen molar-refractivity contribution in [1.82, 2.24) is 20.2 Å². The van der Waals surface area contributed by atoms with Crippen molar-refractivity contribution < 1.29 is 4.79 Å². The first-order valence-corrected chi connectivity index (χ1v) is 6.60. The number of hydrogen-bond donors (Lipinski definition) is 2. The van der Waals surface area contributed by atoms with Crippen LogP contribution in [0.4, 0.5) is 5.95 Å². The van der Waals surface area contributed by atoms with Gasteiger partial charge < -0.3 is 15.5 Å². The van der Waals surface area contributed by atoms with Crippen LogP contribution in [0.1, 0.15) is 29.0 Å². The number of carbonyl (C=O) groups is 1. The van der Waals surface area contributed by atoms with Gasteiger partial charge in [0, 0.05) is 24.8 Å². The molecule has 0 spiro atoms. The Morgan fingerprint density at radius 3 is 2.79 bits per heavy atom. The van der Waals surface area contributed by atoms with E-state index in [0.717, 1.165) is 31.6 Å². The summed E-state index contributed by atoms with van der Waals surface area (Å²) in [4.78, 5) is 22.6. The minimum Gasteiger partial charge on any atom is -0.353 e. The number of aryl methyl sites for hydroxylation is 1. The summed E-state index contributed by atoms with van der Waals surface area (Å²) in [6.45, 7) is 3.51. The molecule has 1 amide bonds. The second-order valence-corrected chi connectivity index (χ2v) is 5.20. The van der Waals surface area contributed by atoms with Crippen LogP contribution in [-0.2, 0) is 0 Å². The monoisotopic (exact) mass is 263 g/mol. The zero-order chi connectivity index (χ0) is 13.8. The predicted molar refractivity (Wildman–Crippen MR) is 74.3 cm³/mol. The summed E-state index contributed by atoms with van der Waals surface area (Å²) in [5, 5.41) is 6.07. The predicted octanol–water partition coefficient (Wildman–Crippen LogP) is 0.651. The van der Waals surface area contributed by atoms with Gasteiger partial charge in [-0.25, -0.2) is 9.97 Å². The van der Waals surface area contributed by atoms with Gasteiger partial charge in [0.1, 0.15) is 5.69 Å². The molecule has 104 valence electrons. The fourth-order valence-corrected chi connectivity index (χ4v) is 1.64. The Morgan fingerprint density at radius 1 is 1.42 bits per heavy atom. The minimum absolute atomic E-state index is 0.108. The molecule has 0 unspecified atom stereocenters. The van der Waals surface area contributed by atoms with E-state index >= 15 is 0 Å². The zero-order valence-electron chi connectivity index (χ0n) is 11.7. The molecule has 0 aromatic carbocycles. The third kappa shape index (κ3) is 4.48. The minimum atomic E-state index is -0.108. The van der Waals surface area contributed by atoms with Crippen molar-refractivity contribution >= 4 is 11.9 Å². The van der Waals surface area contributed by atoms with Crippen molar-refractivity contribution in [2.75, 3.05) is 32.5 Å². The Kier molecular flexibility index (Phi) is 4.31. The molecule has 0 atom stereocenters. The smallest absolute Gasteiger partial charge is 0.270 e. The van der Waals surface area contributed by atoms with Gasteiger partial charge in [-0.2, -0.15) is 0 Å². The third-order valence-corrected chi connectivity index (χ3v) is 2.84. The van der Waals surface area contributed by atoms with Crippen molar-refractivity contribution in [3.05, 3.63) is 17.5 Å². The van der Waals surface area contributed by atoms with Gasteiger partial charge in [-0.15, -0.1) is 0 Å². The summed E-state index contributed by atoms with van der Waals surface area (Å²) in [5.41, 5.74) is 1.23. The molecule has 6 nitrogen and oxygen atoms in total. The Balaban J connectivity index is 1.99. The molecular formula is C13H21N5O. The SMILES string of the molecule is Cc1cc(C(=O)NC2CC2)nc(NCCN(C)C)n1. The summed E-state index contributed by atoms with van der Waals surface area (Å²) in [7, 11) is 4.01. The van der Waals surface area contributed by atoms with Crippen molar-refractivity contribution in [2.45, 2.75) is 25.8 Å². The van der Waals surface area contributed by atoms with Crippen LogP contribution in [0, 0.1) is 6.92 Å². The molecule has 1 fully saturated rings. The average molecular weight is 263 g/mol. The van der Waals surface area contributed by atoms with E-state index in [1.807, 2.05) is 21.0 Å². The van der Waals surface area contributed by atoms with E-state index < -0.39 is 0 Å². The number of nitrogens with zero attached hydrogens (tertiary/aromatic N) is 3. The van der Waals surface area contributed by atoms with Crippen LogP contribution >= 0.6 is 0 Å². The molecule has 1 aliphatic carbocycles. The molecule has 1 aliphatic rings. The van der Waals surface area contributed by atoms with Crippen LogP contribution in [-0.4, -0.2) is 54.0 Å². The Bertz CT molecular complexity index is 456. The Morgan fingerprint density at radius 2 is 2.16 bits per heavy atom. The second kappa shape index (κ2) is 5.97. The van der Waals surface area contributed by atoms with Crippen LogP contribution in [0.2, 0.25) is 0 Å². The van der Waals surface area contributed by atoms with Crippen molar-refractivity contribution in [2.24, 2.45) is 0 Å². The molecule has 0 bridgehead atoms. The lowest BCUT2D eigenvalue weighted by Gasteiger charge is -2.11. The number of anilines is 1. The molecule has 0 saturated heterocycles. The quantitative estimate of drug-likeness (QED) is 0.788. The number of aromatic nitrogens is 2. The lowest BCUT2D eigenvalue weighted by molar-refractivity contribution is 0.0946. The van der Waals surface area contributed by atoms with Crippen LogP contribution in [0.25, 0.3) is 0 Å². The number of carbonyl (C=O) groups excluding carboxylic acids is 1. The first-order valence-electron chi connectivity index (χ1n) is 6.60. The Hall–Kier alpha value is -1.69. The van der Waals surface area contributed by atoms with Crippen LogP contribution in [0.5, 0.6) is 0 Å². The summed E-state index contributed by atoms with van der Waals surface area (Å²) in [6.07, 6.45) is 2.15. The topological polar surface area (TPSA) is 70.2 Å². The molecule has 0 aliphatic heterocycles. The zero-order valence-corrected chi connectivity index (χ0v) is 11.7. The Labute approximate surface area is 113 Å². The molecule has 6 heteroatoms. The molecular weight excluding hydrogens is 242 g/mol. The number of hydrogen-bond acceptors (Lipinski definition) is 5. The third-order valence-electron chi connectivity index (χ3n) is 2.84. The van der Waals surface area contributed by atoms with E-state index in [1.165, 1.54) is 0 Å².